The number of nitrogens with one attached hydrogen (secondary N) is 1. The van der Waals surface area contributed by atoms with E-state index in [0.717, 1.165) is 19.8 Å². The van der Waals surface area contributed by atoms with Gasteiger partial charge in [-0.2, -0.15) is 0 Å². The number of fused-ring (bicyclic) bond motifs is 1. The van der Waals surface area contributed by atoms with Gasteiger partial charge in [0.25, 0.3) is 0 Å². The van der Waals surface area contributed by atoms with Crippen molar-refractivity contribution >= 4 is 21.4 Å². The molecule has 0 amide bonds. The molecule has 1 aliphatic heterocycles. The van der Waals surface area contributed by atoms with E-state index in [1.807, 2.05) is 11.3 Å². The van der Waals surface area contributed by atoms with E-state index in [-0.39, 0.29) is 0 Å². The predicted octanol–water partition coefficient (Wildman–Crippen LogP) is 4.37. The smallest absolute Gasteiger partial charge is 0.0512 e. The van der Waals surface area contributed by atoms with E-state index in [4.69, 9.17) is 4.74 Å². The Kier molecular flexibility index (Phi) is 4.71. The summed E-state index contributed by atoms with van der Waals surface area (Å²) in [6.07, 6.45) is 3.64. The first-order valence-electron chi connectivity index (χ1n) is 7.68. The molecule has 0 aliphatic carbocycles. The molecule has 0 saturated carbocycles. The Labute approximate surface area is 125 Å². The zero-order valence-corrected chi connectivity index (χ0v) is 12.9. The van der Waals surface area contributed by atoms with E-state index >= 15 is 0 Å². The van der Waals surface area contributed by atoms with E-state index in [9.17, 15) is 0 Å². The second-order valence-electron chi connectivity index (χ2n) is 5.60. The minimum atomic E-state index is 0.452. The molecule has 0 radical (unpaired) electrons. The maximum atomic E-state index is 5.70. The van der Waals surface area contributed by atoms with Gasteiger partial charge in [-0.15, -0.1) is 11.3 Å². The summed E-state index contributed by atoms with van der Waals surface area (Å²) < 4.78 is 7.09. The van der Waals surface area contributed by atoms with E-state index in [1.165, 1.54) is 34.2 Å². The lowest BCUT2D eigenvalue weighted by atomic mass is 9.92. The van der Waals surface area contributed by atoms with Crippen molar-refractivity contribution in [2.24, 2.45) is 5.92 Å². The second-order valence-corrected chi connectivity index (χ2v) is 6.71. The molecule has 20 heavy (non-hydrogen) atoms. The Morgan fingerprint density at radius 2 is 2.30 bits per heavy atom. The average molecular weight is 289 g/mol. The third-order valence-electron chi connectivity index (χ3n) is 4.03. The Morgan fingerprint density at radius 3 is 3.05 bits per heavy atom. The molecule has 2 unspecified atom stereocenters. The number of ether oxygens (including phenoxy) is 1. The van der Waals surface area contributed by atoms with Crippen LogP contribution in [0.1, 0.15) is 37.1 Å². The lowest BCUT2D eigenvalue weighted by Gasteiger charge is -2.30. The van der Waals surface area contributed by atoms with Crippen LogP contribution in [0, 0.1) is 5.92 Å². The molecule has 3 rings (SSSR count). The van der Waals surface area contributed by atoms with Crippen molar-refractivity contribution < 1.29 is 4.74 Å². The van der Waals surface area contributed by atoms with Crippen LogP contribution in [0.2, 0.25) is 0 Å². The predicted molar refractivity (Wildman–Crippen MR) is 86.4 cm³/mol. The van der Waals surface area contributed by atoms with E-state index < -0.39 is 0 Å². The van der Waals surface area contributed by atoms with Crippen LogP contribution in [-0.2, 0) is 4.74 Å². The van der Waals surface area contributed by atoms with Crippen molar-refractivity contribution in [1.82, 2.24) is 5.32 Å². The van der Waals surface area contributed by atoms with Crippen molar-refractivity contribution in [3.05, 3.63) is 35.2 Å². The zero-order valence-electron chi connectivity index (χ0n) is 12.1. The van der Waals surface area contributed by atoms with Crippen LogP contribution in [0.4, 0.5) is 0 Å². The fraction of sp³-hybridized carbons (Fsp3) is 0.529. The topological polar surface area (TPSA) is 21.3 Å². The monoisotopic (exact) mass is 289 g/mol. The SMILES string of the molecule is CCCNC(c1cc2ccccc2s1)C1CCCOC1. The summed E-state index contributed by atoms with van der Waals surface area (Å²) >= 11 is 1.93. The van der Waals surface area contributed by atoms with Gasteiger partial charge in [0.1, 0.15) is 0 Å². The Morgan fingerprint density at radius 1 is 1.40 bits per heavy atom. The molecule has 2 nitrogen and oxygen atoms in total. The van der Waals surface area contributed by atoms with Crippen LogP contribution in [0.15, 0.2) is 30.3 Å². The summed E-state index contributed by atoms with van der Waals surface area (Å²) in [6, 6.07) is 11.5. The van der Waals surface area contributed by atoms with Crippen LogP contribution in [0.5, 0.6) is 0 Å². The number of hydrogen-bond donors (Lipinski definition) is 1. The maximum Gasteiger partial charge on any atom is 0.0512 e. The van der Waals surface area contributed by atoms with Gasteiger partial charge in [0.15, 0.2) is 0 Å². The highest BCUT2D eigenvalue weighted by molar-refractivity contribution is 7.19. The van der Waals surface area contributed by atoms with Gasteiger partial charge in [-0.1, -0.05) is 25.1 Å². The highest BCUT2D eigenvalue weighted by atomic mass is 32.1. The molecule has 2 atom stereocenters. The first-order chi connectivity index (χ1) is 9.88. The molecule has 1 fully saturated rings. The van der Waals surface area contributed by atoms with Gasteiger partial charge in [0.05, 0.1) is 6.61 Å². The standard InChI is InChI=1S/C17H23NOS/c1-2-9-18-17(14-7-5-10-19-12-14)16-11-13-6-3-4-8-15(13)20-16/h3-4,6,8,11,14,17-18H,2,5,7,9-10,12H2,1H3. The van der Waals surface area contributed by atoms with Crippen molar-refractivity contribution in [3.63, 3.8) is 0 Å². The Bertz CT molecular complexity index is 512. The third kappa shape index (κ3) is 3.05. The summed E-state index contributed by atoms with van der Waals surface area (Å²) in [7, 11) is 0. The molecule has 1 saturated heterocycles. The molecule has 0 spiro atoms. The van der Waals surface area contributed by atoms with Crippen molar-refractivity contribution in [1.29, 1.82) is 0 Å². The number of hydrogen-bond acceptors (Lipinski definition) is 3. The van der Waals surface area contributed by atoms with Gasteiger partial charge in [-0.3, -0.25) is 0 Å². The normalized spacial score (nSPS) is 21.1. The molecule has 108 valence electrons. The van der Waals surface area contributed by atoms with Crippen LogP contribution < -0.4 is 5.32 Å². The molecule has 1 aromatic carbocycles. The van der Waals surface area contributed by atoms with E-state index in [2.05, 4.69) is 42.6 Å². The lowest BCUT2D eigenvalue weighted by Crippen LogP contribution is -2.33. The lowest BCUT2D eigenvalue weighted by molar-refractivity contribution is 0.0396. The molecule has 1 aliphatic rings. The molecule has 2 aromatic rings. The van der Waals surface area contributed by atoms with Crippen LogP contribution >= 0.6 is 11.3 Å². The highest BCUT2D eigenvalue weighted by Gasteiger charge is 2.26. The van der Waals surface area contributed by atoms with E-state index in [0.29, 0.717) is 12.0 Å². The third-order valence-corrected chi connectivity index (χ3v) is 5.23. The second kappa shape index (κ2) is 6.70. The van der Waals surface area contributed by atoms with Crippen LogP contribution in [-0.4, -0.2) is 19.8 Å². The Hall–Kier alpha value is -0.900. The van der Waals surface area contributed by atoms with Gasteiger partial charge >= 0.3 is 0 Å². The van der Waals surface area contributed by atoms with Gasteiger partial charge in [0, 0.05) is 28.1 Å². The van der Waals surface area contributed by atoms with Crippen molar-refractivity contribution in [2.45, 2.75) is 32.2 Å². The molecular weight excluding hydrogens is 266 g/mol. The maximum absolute atomic E-state index is 5.70. The molecule has 1 aromatic heterocycles. The molecule has 0 bridgehead atoms. The largest absolute Gasteiger partial charge is 0.381 e. The van der Waals surface area contributed by atoms with Crippen molar-refractivity contribution in [2.75, 3.05) is 19.8 Å². The van der Waals surface area contributed by atoms with Gasteiger partial charge < -0.3 is 10.1 Å². The zero-order chi connectivity index (χ0) is 13.8. The first-order valence-corrected chi connectivity index (χ1v) is 8.49. The molecule has 2 heterocycles. The van der Waals surface area contributed by atoms with Gasteiger partial charge in [-0.05, 0) is 43.3 Å². The summed E-state index contributed by atoms with van der Waals surface area (Å²) in [5, 5.41) is 5.11. The van der Waals surface area contributed by atoms with Gasteiger partial charge in [0.2, 0.25) is 0 Å². The number of rotatable bonds is 5. The molecular formula is C17H23NOS. The summed E-state index contributed by atoms with van der Waals surface area (Å²) in [5.74, 6) is 0.614. The van der Waals surface area contributed by atoms with Crippen LogP contribution in [0.3, 0.4) is 0 Å². The van der Waals surface area contributed by atoms with Gasteiger partial charge in [-0.25, -0.2) is 0 Å². The fourth-order valence-corrected chi connectivity index (χ4v) is 4.22. The number of thiophene rings is 1. The van der Waals surface area contributed by atoms with E-state index in [1.54, 1.807) is 0 Å². The van der Waals surface area contributed by atoms with Crippen molar-refractivity contribution in [3.8, 4) is 0 Å². The summed E-state index contributed by atoms with van der Waals surface area (Å²) in [4.78, 5) is 1.47. The first kappa shape index (κ1) is 14.1. The quantitative estimate of drug-likeness (QED) is 0.882. The average Bonchev–Trinajstić information content (AvgIpc) is 2.92. The summed E-state index contributed by atoms with van der Waals surface area (Å²) in [6.45, 7) is 5.14. The minimum absolute atomic E-state index is 0.452. The molecule has 1 N–H and O–H groups in total. The molecule has 3 heteroatoms. The fourth-order valence-electron chi connectivity index (χ4n) is 2.98. The number of benzene rings is 1. The summed E-state index contributed by atoms with van der Waals surface area (Å²) in [5.41, 5.74) is 0. The Balaban J connectivity index is 1.86. The van der Waals surface area contributed by atoms with Crippen LogP contribution in [0.25, 0.3) is 10.1 Å². The minimum Gasteiger partial charge on any atom is -0.381 e. The highest BCUT2D eigenvalue weighted by Crippen LogP contribution is 2.36.